The van der Waals surface area contributed by atoms with Gasteiger partial charge in [-0.3, -0.25) is 10.1 Å². The number of hydrogen-bond donors (Lipinski definition) is 3. The van der Waals surface area contributed by atoms with Crippen LogP contribution in [-0.2, 0) is 0 Å². The van der Waals surface area contributed by atoms with Crippen molar-refractivity contribution in [1.29, 1.82) is 0 Å². The van der Waals surface area contributed by atoms with E-state index in [2.05, 4.69) is 30.5 Å². The Hall–Kier alpha value is -3.03. The van der Waals surface area contributed by atoms with Gasteiger partial charge in [0.05, 0.1) is 6.20 Å². The van der Waals surface area contributed by atoms with Gasteiger partial charge in [-0.05, 0) is 19.1 Å². The van der Waals surface area contributed by atoms with Gasteiger partial charge in [0.25, 0.3) is 0 Å². The topological polar surface area (TPSA) is 105 Å². The monoisotopic (exact) mass is 313 g/mol. The van der Waals surface area contributed by atoms with Crippen LogP contribution in [0.3, 0.4) is 0 Å². The molecule has 7 nitrogen and oxygen atoms in total. The SMILES string of the molecule is Cc1cc(Nc2nc(N)ncc2[C@H](C)c2ccc(F)cn2)n[nH]1. The third kappa shape index (κ3) is 3.25. The van der Waals surface area contributed by atoms with Crippen LogP contribution >= 0.6 is 0 Å². The molecule has 0 spiro atoms. The quantitative estimate of drug-likeness (QED) is 0.683. The lowest BCUT2D eigenvalue weighted by Gasteiger charge is -2.15. The number of aromatic nitrogens is 5. The second kappa shape index (κ2) is 5.99. The van der Waals surface area contributed by atoms with E-state index >= 15 is 0 Å². The molecule has 8 heteroatoms. The fourth-order valence-electron chi connectivity index (χ4n) is 2.23. The number of rotatable bonds is 4. The van der Waals surface area contributed by atoms with Crippen LogP contribution in [0.4, 0.5) is 22.0 Å². The molecule has 0 radical (unpaired) electrons. The zero-order chi connectivity index (χ0) is 16.4. The Bertz CT molecular complexity index is 813. The maximum atomic E-state index is 13.0. The highest BCUT2D eigenvalue weighted by atomic mass is 19.1. The lowest BCUT2D eigenvalue weighted by atomic mass is 9.99. The maximum Gasteiger partial charge on any atom is 0.221 e. The van der Waals surface area contributed by atoms with Crippen molar-refractivity contribution in [3.05, 3.63) is 53.4 Å². The molecule has 3 aromatic rings. The molecular weight excluding hydrogens is 297 g/mol. The summed E-state index contributed by atoms with van der Waals surface area (Å²) in [6.45, 7) is 3.84. The van der Waals surface area contributed by atoms with Crippen molar-refractivity contribution in [2.75, 3.05) is 11.1 Å². The van der Waals surface area contributed by atoms with E-state index in [4.69, 9.17) is 5.73 Å². The number of nitrogens with zero attached hydrogens (tertiary/aromatic N) is 4. The van der Waals surface area contributed by atoms with Gasteiger partial charge in [0.2, 0.25) is 5.95 Å². The highest BCUT2D eigenvalue weighted by molar-refractivity contribution is 5.58. The Balaban J connectivity index is 1.96. The van der Waals surface area contributed by atoms with Gasteiger partial charge in [-0.15, -0.1) is 0 Å². The molecule has 0 bridgehead atoms. The number of H-pyrrole nitrogens is 1. The van der Waals surface area contributed by atoms with Crippen LogP contribution in [0.25, 0.3) is 0 Å². The minimum Gasteiger partial charge on any atom is -0.368 e. The summed E-state index contributed by atoms with van der Waals surface area (Å²) in [5, 5.41) is 10.1. The summed E-state index contributed by atoms with van der Waals surface area (Å²) >= 11 is 0. The summed E-state index contributed by atoms with van der Waals surface area (Å²) in [6, 6.07) is 4.86. The van der Waals surface area contributed by atoms with Crippen molar-refractivity contribution in [2.45, 2.75) is 19.8 Å². The summed E-state index contributed by atoms with van der Waals surface area (Å²) in [5.41, 5.74) is 8.11. The summed E-state index contributed by atoms with van der Waals surface area (Å²) in [5.74, 6) is 0.810. The number of aryl methyl sites for hydroxylation is 1. The van der Waals surface area contributed by atoms with Crippen LogP contribution < -0.4 is 11.1 Å². The summed E-state index contributed by atoms with van der Waals surface area (Å²) < 4.78 is 13.0. The molecular formula is C15H16FN7. The molecule has 0 saturated heterocycles. The molecule has 23 heavy (non-hydrogen) atoms. The first-order chi connectivity index (χ1) is 11.0. The minimum absolute atomic E-state index is 0.140. The first-order valence-electron chi connectivity index (χ1n) is 7.06. The maximum absolute atomic E-state index is 13.0. The highest BCUT2D eigenvalue weighted by Gasteiger charge is 2.17. The van der Waals surface area contributed by atoms with Gasteiger partial charge >= 0.3 is 0 Å². The number of pyridine rings is 1. The average molecular weight is 313 g/mol. The second-order valence-electron chi connectivity index (χ2n) is 5.22. The zero-order valence-electron chi connectivity index (χ0n) is 12.7. The number of hydrogen-bond acceptors (Lipinski definition) is 6. The smallest absolute Gasteiger partial charge is 0.221 e. The Labute approximate surface area is 132 Å². The molecule has 4 N–H and O–H groups in total. The standard InChI is InChI=1S/C15H16FN7/c1-8-5-13(23-22-8)20-14-11(7-19-15(17)21-14)9(2)12-4-3-10(16)6-18-12/h3-7,9H,1-2H3,(H4,17,19,20,21,22,23)/t9-/m0/s1. The molecule has 118 valence electrons. The first-order valence-corrected chi connectivity index (χ1v) is 7.06. The van der Waals surface area contributed by atoms with Crippen molar-refractivity contribution in [3.63, 3.8) is 0 Å². The van der Waals surface area contributed by atoms with E-state index in [1.165, 1.54) is 12.3 Å². The van der Waals surface area contributed by atoms with E-state index < -0.39 is 0 Å². The molecule has 3 aromatic heterocycles. The third-order valence-electron chi connectivity index (χ3n) is 3.45. The van der Waals surface area contributed by atoms with Crippen LogP contribution in [0.15, 0.2) is 30.6 Å². The number of nitrogens with one attached hydrogen (secondary N) is 2. The molecule has 0 fully saturated rings. The summed E-state index contributed by atoms with van der Waals surface area (Å²) in [7, 11) is 0. The van der Waals surface area contributed by atoms with Crippen LogP contribution in [0.2, 0.25) is 0 Å². The lowest BCUT2D eigenvalue weighted by Crippen LogP contribution is -2.08. The number of nitrogen functional groups attached to an aromatic ring is 1. The fourth-order valence-corrected chi connectivity index (χ4v) is 2.23. The number of nitrogens with two attached hydrogens (primary N) is 1. The van der Waals surface area contributed by atoms with Crippen molar-refractivity contribution >= 4 is 17.6 Å². The molecule has 0 aliphatic rings. The van der Waals surface area contributed by atoms with Gasteiger partial charge in [-0.2, -0.15) is 10.1 Å². The molecule has 0 saturated carbocycles. The largest absolute Gasteiger partial charge is 0.368 e. The van der Waals surface area contributed by atoms with Gasteiger partial charge in [-0.1, -0.05) is 6.92 Å². The Morgan fingerprint density at radius 1 is 1.26 bits per heavy atom. The minimum atomic E-state index is -0.375. The predicted octanol–water partition coefficient (Wildman–Crippen LogP) is 2.52. The number of halogens is 1. The molecule has 0 unspecified atom stereocenters. The number of anilines is 3. The molecule has 0 aromatic carbocycles. The van der Waals surface area contributed by atoms with E-state index in [-0.39, 0.29) is 17.7 Å². The molecule has 0 aliphatic carbocycles. The van der Waals surface area contributed by atoms with Crippen molar-refractivity contribution in [3.8, 4) is 0 Å². The van der Waals surface area contributed by atoms with E-state index in [0.717, 1.165) is 11.3 Å². The normalized spacial score (nSPS) is 12.1. The highest BCUT2D eigenvalue weighted by Crippen LogP contribution is 2.29. The third-order valence-corrected chi connectivity index (χ3v) is 3.45. The zero-order valence-corrected chi connectivity index (χ0v) is 12.7. The van der Waals surface area contributed by atoms with Gasteiger partial charge < -0.3 is 11.1 Å². The van der Waals surface area contributed by atoms with Gasteiger partial charge in [0, 0.05) is 35.1 Å². The second-order valence-corrected chi connectivity index (χ2v) is 5.22. The van der Waals surface area contributed by atoms with E-state index in [0.29, 0.717) is 17.3 Å². The Morgan fingerprint density at radius 2 is 2.09 bits per heavy atom. The number of aromatic amines is 1. The lowest BCUT2D eigenvalue weighted by molar-refractivity contribution is 0.618. The van der Waals surface area contributed by atoms with Gasteiger partial charge in [0.1, 0.15) is 11.6 Å². The first kappa shape index (κ1) is 14.9. The Kier molecular flexibility index (Phi) is 3.88. The summed E-state index contributed by atoms with van der Waals surface area (Å²) in [6.07, 6.45) is 2.83. The van der Waals surface area contributed by atoms with Crippen molar-refractivity contribution in [2.24, 2.45) is 0 Å². The van der Waals surface area contributed by atoms with E-state index in [1.54, 1.807) is 12.3 Å². The molecule has 0 amide bonds. The molecule has 3 heterocycles. The van der Waals surface area contributed by atoms with Crippen molar-refractivity contribution in [1.82, 2.24) is 25.1 Å². The molecule has 1 atom stereocenters. The molecule has 3 rings (SSSR count). The van der Waals surface area contributed by atoms with E-state index in [1.807, 2.05) is 19.9 Å². The summed E-state index contributed by atoms with van der Waals surface area (Å²) in [4.78, 5) is 12.4. The molecule has 0 aliphatic heterocycles. The van der Waals surface area contributed by atoms with Crippen LogP contribution in [-0.4, -0.2) is 25.1 Å². The van der Waals surface area contributed by atoms with Crippen LogP contribution in [0.5, 0.6) is 0 Å². The van der Waals surface area contributed by atoms with Crippen LogP contribution in [0.1, 0.15) is 29.8 Å². The van der Waals surface area contributed by atoms with Gasteiger partial charge in [-0.25, -0.2) is 9.37 Å². The fraction of sp³-hybridized carbons (Fsp3) is 0.200. The van der Waals surface area contributed by atoms with Crippen molar-refractivity contribution < 1.29 is 4.39 Å². The van der Waals surface area contributed by atoms with Crippen LogP contribution in [0, 0.1) is 12.7 Å². The van der Waals surface area contributed by atoms with Gasteiger partial charge in [0.15, 0.2) is 5.82 Å². The Morgan fingerprint density at radius 3 is 2.74 bits per heavy atom. The predicted molar refractivity (Wildman–Crippen MR) is 84.8 cm³/mol. The van der Waals surface area contributed by atoms with E-state index in [9.17, 15) is 4.39 Å². The average Bonchev–Trinajstić information content (AvgIpc) is 2.93.